The van der Waals surface area contributed by atoms with Gasteiger partial charge >= 0.3 is 0 Å². The van der Waals surface area contributed by atoms with Gasteiger partial charge < -0.3 is 11.1 Å². The van der Waals surface area contributed by atoms with Crippen LogP contribution in [0.25, 0.3) is 0 Å². The Morgan fingerprint density at radius 2 is 2.11 bits per heavy atom. The Hall–Kier alpha value is -1.82. The Balaban J connectivity index is 2.97. The Kier molecular flexibility index (Phi) is 4.49. The Labute approximate surface area is 109 Å². The van der Waals surface area contributed by atoms with Crippen LogP contribution in [0.1, 0.15) is 13.8 Å². The third-order valence-corrected chi connectivity index (χ3v) is 2.76. The maximum atomic E-state index is 11.2. The minimum Gasteiger partial charge on any atom is -0.372 e. The van der Waals surface area contributed by atoms with Crippen molar-refractivity contribution < 1.29 is 9.72 Å². The van der Waals surface area contributed by atoms with E-state index in [2.05, 4.69) is 5.32 Å². The largest absolute Gasteiger partial charge is 0.372 e. The summed E-state index contributed by atoms with van der Waals surface area (Å²) in [6.45, 7) is 3.67. The minimum absolute atomic E-state index is 0.0197. The van der Waals surface area contributed by atoms with Crippen LogP contribution in [0.5, 0.6) is 0 Å². The number of halogens is 1. The van der Waals surface area contributed by atoms with Crippen LogP contribution in [0.4, 0.5) is 11.4 Å². The molecule has 7 heteroatoms. The molecule has 0 aliphatic heterocycles. The van der Waals surface area contributed by atoms with Crippen molar-refractivity contribution in [1.29, 1.82) is 0 Å². The SMILES string of the molecule is CC(C)[C@H](Nc1ccc([N+](=O)[O-])cc1Cl)C(N)=O. The van der Waals surface area contributed by atoms with Crippen molar-refractivity contribution >= 4 is 28.9 Å². The molecule has 0 aliphatic carbocycles. The van der Waals surface area contributed by atoms with Crippen molar-refractivity contribution in [3.8, 4) is 0 Å². The highest BCUT2D eigenvalue weighted by Crippen LogP contribution is 2.27. The van der Waals surface area contributed by atoms with Gasteiger partial charge in [0.25, 0.3) is 5.69 Å². The molecule has 0 bridgehead atoms. The van der Waals surface area contributed by atoms with Gasteiger partial charge in [0.05, 0.1) is 15.6 Å². The second-order valence-electron chi connectivity index (χ2n) is 4.19. The highest BCUT2D eigenvalue weighted by atomic mass is 35.5. The summed E-state index contributed by atoms with van der Waals surface area (Å²) < 4.78 is 0. The number of carbonyl (C=O) groups excluding carboxylic acids is 1. The van der Waals surface area contributed by atoms with E-state index in [4.69, 9.17) is 17.3 Å². The third-order valence-electron chi connectivity index (χ3n) is 2.45. The summed E-state index contributed by atoms with van der Waals surface area (Å²) in [5.74, 6) is -0.520. The van der Waals surface area contributed by atoms with E-state index in [1.54, 1.807) is 0 Å². The number of carbonyl (C=O) groups is 1. The van der Waals surface area contributed by atoms with E-state index in [1.165, 1.54) is 18.2 Å². The molecule has 0 heterocycles. The topological polar surface area (TPSA) is 98.3 Å². The van der Waals surface area contributed by atoms with Crippen molar-refractivity contribution in [2.75, 3.05) is 5.32 Å². The maximum absolute atomic E-state index is 11.2. The summed E-state index contributed by atoms with van der Waals surface area (Å²) in [4.78, 5) is 21.3. The first-order chi connectivity index (χ1) is 8.32. The molecule has 0 aliphatic rings. The molecule has 1 aromatic carbocycles. The molecule has 0 radical (unpaired) electrons. The summed E-state index contributed by atoms with van der Waals surface area (Å²) in [5.41, 5.74) is 5.60. The maximum Gasteiger partial charge on any atom is 0.271 e. The van der Waals surface area contributed by atoms with Gasteiger partial charge in [-0.05, 0) is 12.0 Å². The second-order valence-corrected chi connectivity index (χ2v) is 4.60. The number of nitrogens with two attached hydrogens (primary N) is 1. The summed E-state index contributed by atoms with van der Waals surface area (Å²) in [7, 11) is 0. The van der Waals surface area contributed by atoms with Crippen LogP contribution < -0.4 is 11.1 Å². The van der Waals surface area contributed by atoms with E-state index in [0.717, 1.165) is 0 Å². The predicted octanol–water partition coefficient (Wildman–Crippen LogP) is 2.17. The van der Waals surface area contributed by atoms with E-state index < -0.39 is 16.9 Å². The number of hydrogen-bond acceptors (Lipinski definition) is 4. The van der Waals surface area contributed by atoms with Crippen molar-refractivity contribution in [1.82, 2.24) is 0 Å². The zero-order valence-electron chi connectivity index (χ0n) is 10.0. The summed E-state index contributed by atoms with van der Waals surface area (Å²) >= 11 is 5.91. The number of anilines is 1. The highest BCUT2D eigenvalue weighted by molar-refractivity contribution is 6.33. The first-order valence-corrected chi connectivity index (χ1v) is 5.70. The molecule has 18 heavy (non-hydrogen) atoms. The Morgan fingerprint density at radius 1 is 1.50 bits per heavy atom. The smallest absolute Gasteiger partial charge is 0.271 e. The van der Waals surface area contributed by atoms with Crippen LogP contribution in [0.2, 0.25) is 5.02 Å². The van der Waals surface area contributed by atoms with Crippen LogP contribution >= 0.6 is 11.6 Å². The summed E-state index contributed by atoms with van der Waals surface area (Å²) in [6, 6.07) is 3.41. The van der Waals surface area contributed by atoms with Gasteiger partial charge in [-0.15, -0.1) is 0 Å². The average Bonchev–Trinajstić information content (AvgIpc) is 2.25. The third kappa shape index (κ3) is 3.33. The first kappa shape index (κ1) is 14.2. The van der Waals surface area contributed by atoms with Gasteiger partial charge in [-0.25, -0.2) is 0 Å². The van der Waals surface area contributed by atoms with Crippen LogP contribution in [-0.2, 0) is 4.79 Å². The number of nitrogens with zero attached hydrogens (tertiary/aromatic N) is 1. The van der Waals surface area contributed by atoms with Crippen molar-refractivity contribution in [3.63, 3.8) is 0 Å². The van der Waals surface area contributed by atoms with E-state index in [9.17, 15) is 14.9 Å². The van der Waals surface area contributed by atoms with Crippen molar-refractivity contribution in [2.45, 2.75) is 19.9 Å². The summed E-state index contributed by atoms with van der Waals surface area (Å²) in [5, 5.41) is 13.6. The normalized spacial score (nSPS) is 12.2. The van der Waals surface area contributed by atoms with Crippen molar-refractivity contribution in [2.24, 2.45) is 11.7 Å². The van der Waals surface area contributed by atoms with Gasteiger partial charge in [-0.1, -0.05) is 25.4 Å². The van der Waals surface area contributed by atoms with Gasteiger partial charge in [0.15, 0.2) is 0 Å². The number of rotatable bonds is 5. The lowest BCUT2D eigenvalue weighted by Gasteiger charge is -2.20. The fourth-order valence-electron chi connectivity index (χ4n) is 1.47. The summed E-state index contributed by atoms with van der Waals surface area (Å²) in [6.07, 6.45) is 0. The number of nitrogens with one attached hydrogen (secondary N) is 1. The van der Waals surface area contributed by atoms with Crippen molar-refractivity contribution in [3.05, 3.63) is 33.3 Å². The number of nitro groups is 1. The van der Waals surface area contributed by atoms with E-state index in [1.807, 2.05) is 13.8 Å². The first-order valence-electron chi connectivity index (χ1n) is 5.32. The van der Waals surface area contributed by atoms with Gasteiger partial charge in [-0.3, -0.25) is 14.9 Å². The molecular weight excluding hydrogens is 258 g/mol. The molecule has 0 spiro atoms. The molecule has 1 aromatic rings. The molecule has 1 rings (SSSR count). The Bertz CT molecular complexity index is 477. The second kappa shape index (κ2) is 5.68. The van der Waals surface area contributed by atoms with E-state index in [-0.39, 0.29) is 16.6 Å². The number of non-ortho nitro benzene ring substituents is 1. The lowest BCUT2D eigenvalue weighted by Crippen LogP contribution is -2.39. The van der Waals surface area contributed by atoms with E-state index >= 15 is 0 Å². The average molecular weight is 272 g/mol. The highest BCUT2D eigenvalue weighted by Gasteiger charge is 2.20. The molecule has 6 nitrogen and oxygen atoms in total. The minimum atomic E-state index is -0.580. The number of hydrogen-bond donors (Lipinski definition) is 2. The molecule has 1 amide bonds. The molecule has 3 N–H and O–H groups in total. The molecule has 0 unspecified atom stereocenters. The molecular formula is C11H14ClN3O3. The lowest BCUT2D eigenvalue weighted by atomic mass is 10.0. The number of amides is 1. The molecule has 0 saturated carbocycles. The fourth-order valence-corrected chi connectivity index (χ4v) is 1.70. The van der Waals surface area contributed by atoms with Gasteiger partial charge in [-0.2, -0.15) is 0 Å². The number of nitro benzene ring substituents is 1. The quantitative estimate of drug-likeness (QED) is 0.633. The van der Waals surface area contributed by atoms with Crippen LogP contribution in [-0.4, -0.2) is 16.9 Å². The van der Waals surface area contributed by atoms with Gasteiger partial charge in [0.1, 0.15) is 6.04 Å². The molecule has 98 valence electrons. The molecule has 1 atom stereocenters. The fraction of sp³-hybridized carbons (Fsp3) is 0.364. The zero-order valence-corrected chi connectivity index (χ0v) is 10.8. The van der Waals surface area contributed by atoms with Gasteiger partial charge in [0.2, 0.25) is 5.91 Å². The molecule has 0 fully saturated rings. The molecule has 0 saturated heterocycles. The zero-order chi connectivity index (χ0) is 13.9. The van der Waals surface area contributed by atoms with Crippen LogP contribution in [0.3, 0.4) is 0 Å². The number of primary amides is 1. The standard InChI is InChI=1S/C11H14ClN3O3/c1-6(2)10(11(13)16)14-9-4-3-7(15(17)18)5-8(9)12/h3-6,10,14H,1-2H3,(H2,13,16)/t10-/m0/s1. The lowest BCUT2D eigenvalue weighted by molar-refractivity contribution is -0.384. The van der Waals surface area contributed by atoms with Crippen LogP contribution in [0.15, 0.2) is 18.2 Å². The van der Waals surface area contributed by atoms with Gasteiger partial charge in [0, 0.05) is 12.1 Å². The monoisotopic (exact) mass is 271 g/mol. The molecule has 0 aromatic heterocycles. The van der Waals surface area contributed by atoms with Crippen LogP contribution in [0, 0.1) is 16.0 Å². The predicted molar refractivity (Wildman–Crippen MR) is 69.5 cm³/mol. The number of benzene rings is 1. The van der Waals surface area contributed by atoms with E-state index in [0.29, 0.717) is 5.69 Å². The Morgan fingerprint density at radius 3 is 2.50 bits per heavy atom.